The van der Waals surface area contributed by atoms with Crippen LogP contribution in [0.1, 0.15) is 27.7 Å². The van der Waals surface area contributed by atoms with Gasteiger partial charge in [0.25, 0.3) is 0 Å². The molecule has 0 aromatic heterocycles. The zero-order valence-electron chi connectivity index (χ0n) is 13.7. The zero-order valence-corrected chi connectivity index (χ0v) is 16.2. The standard InChI is InChI=1S/C14H32N2O4.Zr/c1-11(17)7-15(8-12(2)18)5-6-16(9-13(3)19)10-14(4)20;/h11-14,17-20H,5-10H2,1-4H3;. The Morgan fingerprint density at radius 3 is 0.905 bits per heavy atom. The van der Waals surface area contributed by atoms with E-state index in [1.165, 1.54) is 0 Å². The zero-order chi connectivity index (χ0) is 15.7. The van der Waals surface area contributed by atoms with Crippen LogP contribution in [0.2, 0.25) is 0 Å². The van der Waals surface area contributed by atoms with Crippen molar-refractivity contribution < 1.29 is 46.6 Å². The number of aliphatic hydroxyl groups is 4. The molecule has 4 N–H and O–H groups in total. The Labute approximate surface area is 147 Å². The van der Waals surface area contributed by atoms with Gasteiger partial charge in [-0.2, -0.15) is 0 Å². The van der Waals surface area contributed by atoms with Crippen molar-refractivity contribution in [2.45, 2.75) is 52.1 Å². The van der Waals surface area contributed by atoms with E-state index in [1.54, 1.807) is 27.7 Å². The molecule has 0 aliphatic heterocycles. The first kappa shape index (κ1) is 23.9. The van der Waals surface area contributed by atoms with Crippen molar-refractivity contribution in [3.8, 4) is 0 Å². The van der Waals surface area contributed by atoms with Crippen LogP contribution in [-0.2, 0) is 26.2 Å². The largest absolute Gasteiger partial charge is 0.392 e. The molecule has 0 fully saturated rings. The summed E-state index contributed by atoms with van der Waals surface area (Å²) in [6.07, 6.45) is -1.79. The van der Waals surface area contributed by atoms with Gasteiger partial charge < -0.3 is 20.4 Å². The summed E-state index contributed by atoms with van der Waals surface area (Å²) in [4.78, 5) is 3.98. The second-order valence-corrected chi connectivity index (χ2v) is 5.92. The maximum atomic E-state index is 9.47. The maximum absolute atomic E-state index is 9.47. The van der Waals surface area contributed by atoms with E-state index < -0.39 is 24.4 Å². The number of nitrogens with zero attached hydrogens (tertiary/aromatic N) is 2. The SMILES string of the molecule is CC(O)CN(CCN(CC(C)O)CC(C)O)CC(C)O.[Zr]. The predicted molar refractivity (Wildman–Crippen MR) is 79.6 cm³/mol. The Morgan fingerprint density at radius 2 is 0.762 bits per heavy atom. The number of aliphatic hydroxyl groups excluding tert-OH is 4. The fraction of sp³-hybridized carbons (Fsp3) is 1.00. The van der Waals surface area contributed by atoms with Crippen LogP contribution in [0.3, 0.4) is 0 Å². The number of rotatable bonds is 11. The van der Waals surface area contributed by atoms with E-state index in [0.717, 1.165) is 0 Å². The number of hydrogen-bond donors (Lipinski definition) is 4. The van der Waals surface area contributed by atoms with Gasteiger partial charge in [0.05, 0.1) is 24.4 Å². The summed E-state index contributed by atoms with van der Waals surface area (Å²) in [6.45, 7) is 10.2. The molecule has 0 radical (unpaired) electrons. The first-order valence-electron chi connectivity index (χ1n) is 7.37. The van der Waals surface area contributed by atoms with Gasteiger partial charge in [0.15, 0.2) is 0 Å². The Hall–Kier alpha value is 0.643. The van der Waals surface area contributed by atoms with Crippen LogP contribution >= 0.6 is 0 Å². The van der Waals surface area contributed by atoms with E-state index in [2.05, 4.69) is 0 Å². The monoisotopic (exact) mass is 382 g/mol. The van der Waals surface area contributed by atoms with Crippen LogP contribution in [-0.4, -0.2) is 93.9 Å². The van der Waals surface area contributed by atoms with Gasteiger partial charge in [0.1, 0.15) is 0 Å². The number of hydrogen-bond acceptors (Lipinski definition) is 6. The van der Waals surface area contributed by atoms with Gasteiger partial charge in [-0.1, -0.05) is 0 Å². The van der Waals surface area contributed by atoms with E-state index in [4.69, 9.17) is 0 Å². The second-order valence-electron chi connectivity index (χ2n) is 5.92. The van der Waals surface area contributed by atoms with Crippen molar-refractivity contribution in [2.24, 2.45) is 0 Å². The summed E-state index contributed by atoms with van der Waals surface area (Å²) >= 11 is 0. The van der Waals surface area contributed by atoms with Gasteiger partial charge in [-0.25, -0.2) is 0 Å². The van der Waals surface area contributed by atoms with E-state index >= 15 is 0 Å². The van der Waals surface area contributed by atoms with Crippen LogP contribution in [0.15, 0.2) is 0 Å². The Kier molecular flexibility index (Phi) is 14.9. The first-order valence-corrected chi connectivity index (χ1v) is 7.37. The topological polar surface area (TPSA) is 87.4 Å². The Bertz CT molecular complexity index is 197. The maximum Gasteiger partial charge on any atom is 0.0639 e. The van der Waals surface area contributed by atoms with E-state index in [0.29, 0.717) is 39.3 Å². The quantitative estimate of drug-likeness (QED) is 0.370. The van der Waals surface area contributed by atoms with Crippen molar-refractivity contribution in [2.75, 3.05) is 39.3 Å². The van der Waals surface area contributed by atoms with Gasteiger partial charge in [-0.3, -0.25) is 9.80 Å². The minimum Gasteiger partial charge on any atom is -0.392 e. The van der Waals surface area contributed by atoms with Gasteiger partial charge in [-0.05, 0) is 27.7 Å². The predicted octanol–water partition coefficient (Wildman–Crippen LogP) is -0.889. The summed E-state index contributed by atoms with van der Waals surface area (Å²) in [7, 11) is 0. The van der Waals surface area contributed by atoms with E-state index in [1.807, 2.05) is 9.80 Å². The smallest absolute Gasteiger partial charge is 0.0639 e. The van der Waals surface area contributed by atoms with Gasteiger partial charge in [-0.15, -0.1) is 0 Å². The fourth-order valence-electron chi connectivity index (χ4n) is 2.29. The molecule has 0 aliphatic rings. The van der Waals surface area contributed by atoms with Crippen molar-refractivity contribution in [1.82, 2.24) is 9.80 Å². The molecule has 0 saturated heterocycles. The van der Waals surface area contributed by atoms with Gasteiger partial charge >= 0.3 is 0 Å². The molecule has 21 heavy (non-hydrogen) atoms. The van der Waals surface area contributed by atoms with Crippen molar-refractivity contribution >= 4 is 0 Å². The van der Waals surface area contributed by atoms with Crippen LogP contribution < -0.4 is 0 Å². The Balaban J connectivity index is 0. The molecule has 0 rings (SSSR count). The van der Waals surface area contributed by atoms with E-state index in [9.17, 15) is 20.4 Å². The van der Waals surface area contributed by atoms with Crippen molar-refractivity contribution in [3.05, 3.63) is 0 Å². The molecule has 0 aliphatic carbocycles. The molecule has 7 heteroatoms. The molecule has 0 saturated carbocycles. The summed E-state index contributed by atoms with van der Waals surface area (Å²) in [5.41, 5.74) is 0. The first-order chi connectivity index (χ1) is 9.20. The third-order valence-electron chi connectivity index (χ3n) is 2.82. The molecule has 0 aromatic rings. The van der Waals surface area contributed by atoms with Crippen LogP contribution in [0.4, 0.5) is 0 Å². The normalized spacial score (nSPS) is 17.4. The fourth-order valence-corrected chi connectivity index (χ4v) is 2.29. The minimum atomic E-state index is -0.448. The molecule has 0 spiro atoms. The molecular formula is C14H32N2O4Zr. The summed E-state index contributed by atoms with van der Waals surface area (Å²) < 4.78 is 0. The van der Waals surface area contributed by atoms with E-state index in [-0.39, 0.29) is 26.2 Å². The minimum absolute atomic E-state index is 0. The average molecular weight is 384 g/mol. The molecule has 4 unspecified atom stereocenters. The molecule has 0 bridgehead atoms. The molecule has 0 aromatic carbocycles. The van der Waals surface area contributed by atoms with Gasteiger partial charge in [0.2, 0.25) is 0 Å². The van der Waals surface area contributed by atoms with Crippen LogP contribution in [0.25, 0.3) is 0 Å². The molecule has 0 heterocycles. The molecule has 0 amide bonds. The third-order valence-corrected chi connectivity index (χ3v) is 2.82. The molecular weight excluding hydrogens is 351 g/mol. The summed E-state index contributed by atoms with van der Waals surface area (Å²) in [6, 6.07) is 0. The van der Waals surface area contributed by atoms with Crippen molar-refractivity contribution in [1.29, 1.82) is 0 Å². The summed E-state index contributed by atoms with van der Waals surface area (Å²) in [5, 5.41) is 37.9. The molecule has 6 nitrogen and oxygen atoms in total. The Morgan fingerprint density at radius 1 is 0.571 bits per heavy atom. The molecule has 126 valence electrons. The van der Waals surface area contributed by atoms with Crippen molar-refractivity contribution in [3.63, 3.8) is 0 Å². The average Bonchev–Trinajstić information content (AvgIpc) is 2.22. The molecule has 4 atom stereocenters. The summed E-state index contributed by atoms with van der Waals surface area (Å²) in [5.74, 6) is 0. The third kappa shape index (κ3) is 15.3. The van der Waals surface area contributed by atoms with Crippen LogP contribution in [0.5, 0.6) is 0 Å². The van der Waals surface area contributed by atoms with Crippen LogP contribution in [0, 0.1) is 0 Å². The second kappa shape index (κ2) is 13.1. The van der Waals surface area contributed by atoms with Gasteiger partial charge in [0, 0.05) is 65.5 Å².